The van der Waals surface area contributed by atoms with E-state index in [1.54, 1.807) is 57.4 Å². The molecule has 1 unspecified atom stereocenters. The van der Waals surface area contributed by atoms with Gasteiger partial charge in [0.2, 0.25) is 0 Å². The summed E-state index contributed by atoms with van der Waals surface area (Å²) < 4.78 is 24.7. The summed E-state index contributed by atoms with van der Waals surface area (Å²) >= 11 is 0. The van der Waals surface area contributed by atoms with E-state index in [0.29, 0.717) is 11.3 Å². The molecule has 0 amide bonds. The van der Waals surface area contributed by atoms with Gasteiger partial charge in [0.25, 0.3) is 0 Å². The molecule has 112 valence electrons. The monoisotopic (exact) mass is 290 g/mol. The molecule has 2 aromatic carbocycles. The Bertz CT molecular complexity index is 623. The fourth-order valence-electron chi connectivity index (χ4n) is 2.06. The normalized spacial score (nSPS) is 12.0. The summed E-state index contributed by atoms with van der Waals surface area (Å²) in [5, 5.41) is 9.64. The second-order valence-corrected chi connectivity index (χ2v) is 4.92. The van der Waals surface area contributed by atoms with Gasteiger partial charge in [-0.1, -0.05) is 18.2 Å². The molecule has 2 aromatic rings. The van der Waals surface area contributed by atoms with E-state index >= 15 is 0 Å². The van der Waals surface area contributed by atoms with Crippen molar-refractivity contribution in [1.82, 2.24) is 0 Å². The number of aryl methyl sites for hydroxylation is 1. The lowest BCUT2D eigenvalue weighted by Gasteiger charge is -2.14. The molecule has 0 radical (unpaired) electrons. The van der Waals surface area contributed by atoms with Crippen LogP contribution in [0.4, 0.5) is 4.39 Å². The van der Waals surface area contributed by atoms with E-state index in [1.165, 1.54) is 0 Å². The lowest BCUT2D eigenvalue weighted by molar-refractivity contribution is 0.198. The van der Waals surface area contributed by atoms with Crippen molar-refractivity contribution < 1.29 is 19.0 Å². The standard InChI is InChI=1S/C17H19FO3/c1-11-5-4-6-16(17(11)18)21-10-14-9-13(12(2)19)7-8-15(14)20-3/h4-9,12,19H,10H2,1-3H3. The number of hydrogen-bond donors (Lipinski definition) is 1. The molecule has 0 aliphatic heterocycles. The van der Waals surface area contributed by atoms with Gasteiger partial charge in [0, 0.05) is 5.56 Å². The van der Waals surface area contributed by atoms with Crippen LogP contribution >= 0.6 is 0 Å². The van der Waals surface area contributed by atoms with Gasteiger partial charge in [-0.2, -0.15) is 0 Å². The van der Waals surface area contributed by atoms with E-state index in [0.717, 1.165) is 11.1 Å². The minimum atomic E-state index is -0.578. The molecule has 1 atom stereocenters. The number of rotatable bonds is 5. The first kappa shape index (κ1) is 15.3. The highest BCUT2D eigenvalue weighted by molar-refractivity contribution is 5.38. The molecular formula is C17H19FO3. The smallest absolute Gasteiger partial charge is 0.167 e. The molecular weight excluding hydrogens is 271 g/mol. The van der Waals surface area contributed by atoms with Gasteiger partial charge in [0.15, 0.2) is 11.6 Å². The Morgan fingerprint density at radius 1 is 1.19 bits per heavy atom. The lowest BCUT2D eigenvalue weighted by Crippen LogP contribution is -2.02. The zero-order valence-corrected chi connectivity index (χ0v) is 12.4. The van der Waals surface area contributed by atoms with Gasteiger partial charge < -0.3 is 14.6 Å². The van der Waals surface area contributed by atoms with Gasteiger partial charge in [-0.15, -0.1) is 0 Å². The Hall–Kier alpha value is -2.07. The highest BCUT2D eigenvalue weighted by Crippen LogP contribution is 2.26. The summed E-state index contributed by atoms with van der Waals surface area (Å²) in [6.45, 7) is 3.55. The van der Waals surface area contributed by atoms with Gasteiger partial charge in [-0.05, 0) is 43.2 Å². The molecule has 0 heterocycles. The fourth-order valence-corrected chi connectivity index (χ4v) is 2.06. The number of benzene rings is 2. The van der Waals surface area contributed by atoms with Crippen molar-refractivity contribution in [3.63, 3.8) is 0 Å². The Labute approximate surface area is 124 Å². The van der Waals surface area contributed by atoms with E-state index in [4.69, 9.17) is 9.47 Å². The molecule has 4 heteroatoms. The van der Waals surface area contributed by atoms with Crippen LogP contribution in [-0.4, -0.2) is 12.2 Å². The van der Waals surface area contributed by atoms with Crippen LogP contribution in [0.2, 0.25) is 0 Å². The third-order valence-electron chi connectivity index (χ3n) is 3.33. The zero-order valence-electron chi connectivity index (χ0n) is 12.4. The second kappa shape index (κ2) is 6.59. The third-order valence-corrected chi connectivity index (χ3v) is 3.33. The Morgan fingerprint density at radius 3 is 2.62 bits per heavy atom. The Morgan fingerprint density at radius 2 is 1.95 bits per heavy atom. The predicted octanol–water partition coefficient (Wildman–Crippen LogP) is 3.78. The van der Waals surface area contributed by atoms with E-state index < -0.39 is 6.10 Å². The first-order chi connectivity index (χ1) is 10.0. The molecule has 0 aliphatic carbocycles. The van der Waals surface area contributed by atoms with Crippen LogP contribution in [0.1, 0.15) is 29.7 Å². The average molecular weight is 290 g/mol. The molecule has 0 saturated carbocycles. The molecule has 0 saturated heterocycles. The number of halogens is 1. The van der Waals surface area contributed by atoms with Gasteiger partial charge >= 0.3 is 0 Å². The van der Waals surface area contributed by atoms with Crippen LogP contribution < -0.4 is 9.47 Å². The van der Waals surface area contributed by atoms with Gasteiger partial charge in [-0.25, -0.2) is 4.39 Å². The number of methoxy groups -OCH3 is 1. The third kappa shape index (κ3) is 3.52. The minimum Gasteiger partial charge on any atom is -0.496 e. The van der Waals surface area contributed by atoms with Crippen LogP contribution in [0, 0.1) is 12.7 Å². The number of ether oxygens (including phenoxy) is 2. The van der Waals surface area contributed by atoms with Crippen LogP contribution in [0.15, 0.2) is 36.4 Å². The highest BCUT2D eigenvalue weighted by atomic mass is 19.1. The summed E-state index contributed by atoms with van der Waals surface area (Å²) in [6.07, 6.45) is -0.578. The second-order valence-electron chi connectivity index (χ2n) is 4.92. The maximum Gasteiger partial charge on any atom is 0.167 e. The zero-order chi connectivity index (χ0) is 15.4. The Kier molecular flexibility index (Phi) is 4.81. The molecule has 0 spiro atoms. The molecule has 21 heavy (non-hydrogen) atoms. The number of hydrogen-bond acceptors (Lipinski definition) is 3. The topological polar surface area (TPSA) is 38.7 Å². The number of aliphatic hydroxyl groups is 1. The van der Waals surface area contributed by atoms with Gasteiger partial charge in [0.1, 0.15) is 12.4 Å². The molecule has 0 fully saturated rings. The molecule has 3 nitrogen and oxygen atoms in total. The van der Waals surface area contributed by atoms with Crippen molar-refractivity contribution in [2.45, 2.75) is 26.6 Å². The SMILES string of the molecule is COc1ccc(C(C)O)cc1COc1cccc(C)c1F. The number of aliphatic hydroxyl groups excluding tert-OH is 1. The molecule has 0 aromatic heterocycles. The predicted molar refractivity (Wildman–Crippen MR) is 79.1 cm³/mol. The first-order valence-corrected chi connectivity index (χ1v) is 6.75. The molecule has 1 N–H and O–H groups in total. The molecule has 2 rings (SSSR count). The van der Waals surface area contributed by atoms with E-state index in [9.17, 15) is 9.50 Å². The fraction of sp³-hybridized carbons (Fsp3) is 0.294. The van der Waals surface area contributed by atoms with Crippen molar-refractivity contribution in [2.75, 3.05) is 7.11 Å². The van der Waals surface area contributed by atoms with Crippen molar-refractivity contribution in [3.8, 4) is 11.5 Å². The Balaban J connectivity index is 2.22. The first-order valence-electron chi connectivity index (χ1n) is 6.75. The summed E-state index contributed by atoms with van der Waals surface area (Å²) in [4.78, 5) is 0. The average Bonchev–Trinajstić information content (AvgIpc) is 2.48. The van der Waals surface area contributed by atoms with Crippen LogP contribution in [0.25, 0.3) is 0 Å². The summed E-state index contributed by atoms with van der Waals surface area (Å²) in [5.41, 5.74) is 2.06. The lowest BCUT2D eigenvalue weighted by atomic mass is 10.1. The van der Waals surface area contributed by atoms with E-state index in [2.05, 4.69) is 0 Å². The summed E-state index contributed by atoms with van der Waals surface area (Å²) in [7, 11) is 1.56. The van der Waals surface area contributed by atoms with E-state index in [-0.39, 0.29) is 18.2 Å². The van der Waals surface area contributed by atoms with Crippen LogP contribution in [0.3, 0.4) is 0 Å². The molecule has 0 bridgehead atoms. The van der Waals surface area contributed by atoms with Gasteiger partial charge in [-0.3, -0.25) is 0 Å². The van der Waals surface area contributed by atoms with Crippen molar-refractivity contribution in [2.24, 2.45) is 0 Å². The van der Waals surface area contributed by atoms with Crippen molar-refractivity contribution >= 4 is 0 Å². The maximum absolute atomic E-state index is 13.9. The summed E-state index contributed by atoms with van der Waals surface area (Å²) in [5.74, 6) is 0.495. The van der Waals surface area contributed by atoms with Crippen molar-refractivity contribution in [1.29, 1.82) is 0 Å². The van der Waals surface area contributed by atoms with E-state index in [1.807, 2.05) is 0 Å². The van der Waals surface area contributed by atoms with Crippen LogP contribution in [0.5, 0.6) is 11.5 Å². The highest BCUT2D eigenvalue weighted by Gasteiger charge is 2.11. The largest absolute Gasteiger partial charge is 0.496 e. The van der Waals surface area contributed by atoms with Crippen molar-refractivity contribution in [3.05, 3.63) is 58.9 Å². The molecule has 0 aliphatic rings. The minimum absolute atomic E-state index is 0.171. The van der Waals surface area contributed by atoms with Crippen LogP contribution in [-0.2, 0) is 6.61 Å². The maximum atomic E-state index is 13.9. The van der Waals surface area contributed by atoms with Gasteiger partial charge in [0.05, 0.1) is 13.2 Å². The quantitative estimate of drug-likeness (QED) is 0.911. The summed E-state index contributed by atoms with van der Waals surface area (Å²) in [6, 6.07) is 10.4.